The Labute approximate surface area is 231 Å². The normalized spacial score (nSPS) is 12.5. The van der Waals surface area contributed by atoms with Crippen molar-refractivity contribution in [2.24, 2.45) is 0 Å². The van der Waals surface area contributed by atoms with Gasteiger partial charge in [-0.3, -0.25) is 4.98 Å². The van der Waals surface area contributed by atoms with Gasteiger partial charge in [-0.25, -0.2) is 0 Å². The van der Waals surface area contributed by atoms with E-state index in [0.717, 1.165) is 5.52 Å². The molecule has 0 N–H and O–H groups in total. The van der Waals surface area contributed by atoms with E-state index < -0.39 is 0 Å². The second-order valence-corrected chi connectivity index (χ2v) is 11.1. The Hall–Kier alpha value is -5.27. The summed E-state index contributed by atoms with van der Waals surface area (Å²) in [6, 6.07) is 44.9. The maximum atomic E-state index is 5.02. The quantitative estimate of drug-likeness (QED) is 0.203. The van der Waals surface area contributed by atoms with E-state index in [9.17, 15) is 0 Å². The third-order valence-electron chi connectivity index (χ3n) is 9.20. The van der Waals surface area contributed by atoms with Crippen LogP contribution in [0.2, 0.25) is 0 Å². The first-order chi connectivity index (χ1) is 19.9. The Kier molecular flexibility index (Phi) is 3.73. The lowest BCUT2D eigenvalue weighted by Gasteiger charge is -2.16. The molecule has 0 amide bonds. The van der Waals surface area contributed by atoms with Crippen LogP contribution in [0.4, 0.5) is 0 Å². The van der Waals surface area contributed by atoms with E-state index in [1.807, 2.05) is 6.20 Å². The highest BCUT2D eigenvalue weighted by molar-refractivity contribution is 6.29. The van der Waals surface area contributed by atoms with Crippen molar-refractivity contribution in [2.45, 2.75) is 0 Å². The third kappa shape index (κ3) is 2.42. The molecule has 0 radical (unpaired) electrons. The molecule has 0 atom stereocenters. The number of aromatic nitrogens is 1. The minimum Gasteiger partial charge on any atom is -0.256 e. The smallest absolute Gasteiger partial charge is 0.0793 e. The lowest BCUT2D eigenvalue weighted by atomic mass is 9.88. The van der Waals surface area contributed by atoms with Gasteiger partial charge in [-0.1, -0.05) is 103 Å². The van der Waals surface area contributed by atoms with Crippen molar-refractivity contribution >= 4 is 43.2 Å². The zero-order valence-electron chi connectivity index (χ0n) is 21.6. The summed E-state index contributed by atoms with van der Waals surface area (Å²) in [4.78, 5) is 5.02. The van der Waals surface area contributed by atoms with Gasteiger partial charge in [-0.2, -0.15) is 0 Å². The van der Waals surface area contributed by atoms with Crippen LogP contribution in [0.1, 0.15) is 0 Å². The van der Waals surface area contributed by atoms with Crippen molar-refractivity contribution in [2.75, 3.05) is 0 Å². The molecule has 0 saturated carbocycles. The highest BCUT2D eigenvalue weighted by Crippen LogP contribution is 2.52. The number of benzene rings is 7. The van der Waals surface area contributed by atoms with Crippen molar-refractivity contribution in [3.8, 4) is 55.6 Å². The van der Waals surface area contributed by atoms with Gasteiger partial charge in [0.25, 0.3) is 0 Å². The van der Waals surface area contributed by atoms with Crippen molar-refractivity contribution in [1.82, 2.24) is 4.98 Å². The van der Waals surface area contributed by atoms with Gasteiger partial charge < -0.3 is 0 Å². The van der Waals surface area contributed by atoms with Crippen LogP contribution in [0.5, 0.6) is 0 Å². The fourth-order valence-corrected chi connectivity index (χ4v) is 7.56. The van der Waals surface area contributed by atoms with Gasteiger partial charge in [0.1, 0.15) is 0 Å². The Balaban J connectivity index is 1.36. The number of pyridine rings is 1. The van der Waals surface area contributed by atoms with E-state index in [2.05, 4.69) is 121 Å². The first-order valence-electron chi connectivity index (χ1n) is 13.9. The second-order valence-electron chi connectivity index (χ2n) is 11.1. The molecule has 7 aromatic carbocycles. The zero-order valence-corrected chi connectivity index (χ0v) is 21.6. The molecule has 1 heteroatoms. The van der Waals surface area contributed by atoms with E-state index in [4.69, 9.17) is 4.98 Å². The van der Waals surface area contributed by atoms with Crippen LogP contribution in [0, 0.1) is 0 Å². The van der Waals surface area contributed by atoms with Crippen LogP contribution in [-0.2, 0) is 0 Å². The lowest BCUT2D eigenvalue weighted by molar-refractivity contribution is 1.42. The Morgan fingerprint density at radius 1 is 0.300 bits per heavy atom. The predicted molar refractivity (Wildman–Crippen MR) is 169 cm³/mol. The average Bonchev–Trinajstić information content (AvgIpc) is 3.52. The fraction of sp³-hybridized carbons (Fsp3) is 0. The van der Waals surface area contributed by atoms with Crippen molar-refractivity contribution in [1.29, 1.82) is 0 Å². The van der Waals surface area contributed by atoms with E-state index in [1.54, 1.807) is 0 Å². The molecule has 8 aromatic rings. The summed E-state index contributed by atoms with van der Waals surface area (Å²) in [5.74, 6) is 0. The van der Waals surface area contributed by atoms with E-state index in [1.165, 1.54) is 93.3 Å². The van der Waals surface area contributed by atoms with Gasteiger partial charge in [-0.15, -0.1) is 0 Å². The molecule has 0 saturated heterocycles. The van der Waals surface area contributed by atoms with E-state index >= 15 is 0 Å². The Bertz CT molecular complexity index is 2400. The minimum absolute atomic E-state index is 1.08. The molecule has 1 aromatic heterocycles. The SMILES string of the molecule is c1ccc2c(c1)-c1ccnc3c(-c4cc5c6cccc7c6c(cc5c5ccccc45)-c4ccccc4-7)ccc-2c13. The van der Waals surface area contributed by atoms with Gasteiger partial charge in [-0.05, 0) is 101 Å². The molecular weight excluding hydrogens is 482 g/mol. The molecule has 0 aliphatic heterocycles. The number of nitrogens with zero attached hydrogens (tertiary/aromatic N) is 1. The summed E-state index contributed by atoms with van der Waals surface area (Å²) < 4.78 is 0. The van der Waals surface area contributed by atoms with Crippen LogP contribution < -0.4 is 0 Å². The van der Waals surface area contributed by atoms with Crippen LogP contribution in [-0.4, -0.2) is 4.98 Å². The summed E-state index contributed by atoms with van der Waals surface area (Å²) in [6.07, 6.45) is 1.98. The minimum atomic E-state index is 1.08. The molecule has 40 heavy (non-hydrogen) atoms. The standard InChI is InChI=1S/C39H21N/c1-2-9-23-22(8-1)30-16-17-32(39-38(30)31(23)18-19-40-39)33-20-35-29-15-7-14-28-24-10-3-6-13-27(24)36(37(28)29)21-34(35)26-12-5-4-11-25(26)33/h1-21H. The van der Waals surface area contributed by atoms with Gasteiger partial charge in [0.15, 0.2) is 0 Å². The molecule has 0 fully saturated rings. The first kappa shape index (κ1) is 20.7. The van der Waals surface area contributed by atoms with Crippen LogP contribution in [0.3, 0.4) is 0 Å². The summed E-state index contributed by atoms with van der Waals surface area (Å²) >= 11 is 0. The molecule has 0 spiro atoms. The molecule has 1 heterocycles. The highest BCUT2D eigenvalue weighted by Gasteiger charge is 2.26. The third-order valence-corrected chi connectivity index (χ3v) is 9.20. The maximum Gasteiger partial charge on any atom is 0.0793 e. The summed E-state index contributed by atoms with van der Waals surface area (Å²) in [5, 5.41) is 9.11. The van der Waals surface area contributed by atoms with Crippen LogP contribution in [0.25, 0.3) is 98.9 Å². The van der Waals surface area contributed by atoms with Gasteiger partial charge in [0.2, 0.25) is 0 Å². The largest absolute Gasteiger partial charge is 0.256 e. The van der Waals surface area contributed by atoms with Gasteiger partial charge >= 0.3 is 0 Å². The topological polar surface area (TPSA) is 12.9 Å². The molecule has 2 aliphatic rings. The molecule has 2 aliphatic carbocycles. The van der Waals surface area contributed by atoms with Crippen molar-refractivity contribution in [3.05, 3.63) is 128 Å². The number of rotatable bonds is 1. The zero-order chi connectivity index (χ0) is 25.9. The molecule has 10 rings (SSSR count). The number of fused-ring (bicyclic) bond motifs is 10. The Morgan fingerprint density at radius 3 is 1.60 bits per heavy atom. The molecule has 182 valence electrons. The number of hydrogen-bond acceptors (Lipinski definition) is 1. The van der Waals surface area contributed by atoms with E-state index in [-0.39, 0.29) is 0 Å². The van der Waals surface area contributed by atoms with Crippen molar-refractivity contribution < 1.29 is 0 Å². The number of hydrogen-bond donors (Lipinski definition) is 0. The van der Waals surface area contributed by atoms with Gasteiger partial charge in [0, 0.05) is 17.1 Å². The van der Waals surface area contributed by atoms with Crippen molar-refractivity contribution in [3.63, 3.8) is 0 Å². The van der Waals surface area contributed by atoms with Crippen LogP contribution in [0.15, 0.2) is 128 Å². The molecule has 0 unspecified atom stereocenters. The van der Waals surface area contributed by atoms with Gasteiger partial charge in [0.05, 0.1) is 5.52 Å². The summed E-state index contributed by atoms with van der Waals surface area (Å²) in [6.45, 7) is 0. The average molecular weight is 504 g/mol. The second kappa shape index (κ2) is 7.22. The first-order valence-corrected chi connectivity index (χ1v) is 13.9. The fourth-order valence-electron chi connectivity index (χ4n) is 7.56. The monoisotopic (exact) mass is 503 g/mol. The van der Waals surface area contributed by atoms with Crippen LogP contribution >= 0.6 is 0 Å². The summed E-state index contributed by atoms with van der Waals surface area (Å²) in [5.41, 5.74) is 14.0. The Morgan fingerprint density at radius 2 is 0.825 bits per heavy atom. The molecule has 1 nitrogen and oxygen atoms in total. The summed E-state index contributed by atoms with van der Waals surface area (Å²) in [7, 11) is 0. The maximum absolute atomic E-state index is 5.02. The molecule has 0 bridgehead atoms. The van der Waals surface area contributed by atoms with E-state index in [0.29, 0.717) is 0 Å². The highest BCUT2D eigenvalue weighted by atomic mass is 14.7. The predicted octanol–water partition coefficient (Wildman–Crippen LogP) is 10.7. The molecular formula is C39H21N. The lowest BCUT2D eigenvalue weighted by Crippen LogP contribution is -1.90.